The average Bonchev–Trinajstić information content (AvgIpc) is 3.53. The molecule has 1 saturated heterocycles. The van der Waals surface area contributed by atoms with E-state index in [1.807, 2.05) is 25.1 Å². The van der Waals surface area contributed by atoms with E-state index < -0.39 is 37.3 Å². The second-order valence-electron chi connectivity index (χ2n) is 8.37. The number of aliphatic hydroxyl groups is 4. The number of phenols is 1. The summed E-state index contributed by atoms with van der Waals surface area (Å²) in [6, 6.07) is 8.64. The third-order valence-electron chi connectivity index (χ3n) is 6.24. The highest BCUT2D eigenvalue weighted by Crippen LogP contribution is 2.42. The molecule has 35 heavy (non-hydrogen) atoms. The lowest BCUT2D eigenvalue weighted by Gasteiger charge is -2.39. The van der Waals surface area contributed by atoms with E-state index in [2.05, 4.69) is 10.2 Å². The van der Waals surface area contributed by atoms with Crippen LogP contribution in [0.2, 0.25) is 0 Å². The summed E-state index contributed by atoms with van der Waals surface area (Å²) < 4.78 is 22.1. The molecule has 5 rings (SSSR count). The number of phenolic OH excluding ortho intramolecular Hbond substituents is 1. The third kappa shape index (κ3) is 4.17. The highest BCUT2D eigenvalue weighted by molar-refractivity contribution is 5.84. The summed E-state index contributed by atoms with van der Waals surface area (Å²) in [7, 11) is 0. The molecular weight excluding hydrogens is 460 g/mol. The van der Waals surface area contributed by atoms with Gasteiger partial charge in [-0.15, -0.1) is 0 Å². The summed E-state index contributed by atoms with van der Waals surface area (Å²) in [5, 5.41) is 57.7. The standard InChI is InChI=1S/C24H26N2O9/c1-2-11-5-13(20-14(8-25-26-20)12-3-4-16-18(6-12)33-10-32-16)15(28)7-17(11)34-24-23(31)22(30)21(29)19(9-27)35-24/h3-8,19,21-24,27-31H,2,9-10H2,1H3,(H,25,26)/t19-,21-,22+,23-,24-/m0/s1. The Morgan fingerprint density at radius 1 is 1.03 bits per heavy atom. The zero-order valence-corrected chi connectivity index (χ0v) is 18.8. The van der Waals surface area contributed by atoms with Gasteiger partial charge in [-0.3, -0.25) is 5.10 Å². The summed E-state index contributed by atoms with van der Waals surface area (Å²) in [5.41, 5.74) is 3.30. The molecule has 6 N–H and O–H groups in total. The molecule has 1 fully saturated rings. The fourth-order valence-corrected chi connectivity index (χ4v) is 4.26. The Bertz CT molecular complexity index is 1210. The van der Waals surface area contributed by atoms with Gasteiger partial charge in [-0.1, -0.05) is 13.0 Å². The maximum Gasteiger partial charge on any atom is 0.231 e. The van der Waals surface area contributed by atoms with Gasteiger partial charge in [0.2, 0.25) is 13.1 Å². The van der Waals surface area contributed by atoms with Crippen molar-refractivity contribution in [1.82, 2.24) is 10.2 Å². The number of ether oxygens (including phenoxy) is 4. The Morgan fingerprint density at radius 3 is 2.60 bits per heavy atom. The first-order valence-corrected chi connectivity index (χ1v) is 11.2. The van der Waals surface area contributed by atoms with Crippen molar-refractivity contribution in [3.05, 3.63) is 42.1 Å². The van der Waals surface area contributed by atoms with E-state index in [-0.39, 0.29) is 18.3 Å². The van der Waals surface area contributed by atoms with Crippen LogP contribution in [0.5, 0.6) is 23.0 Å². The van der Waals surface area contributed by atoms with Crippen molar-refractivity contribution in [1.29, 1.82) is 0 Å². The van der Waals surface area contributed by atoms with Gasteiger partial charge in [0.15, 0.2) is 11.5 Å². The Balaban J connectivity index is 1.46. The number of nitrogens with zero attached hydrogens (tertiary/aromatic N) is 1. The summed E-state index contributed by atoms with van der Waals surface area (Å²) in [6.45, 7) is 1.48. The van der Waals surface area contributed by atoms with Crippen LogP contribution in [0, 0.1) is 0 Å². The number of hydrogen-bond donors (Lipinski definition) is 6. The number of rotatable bonds is 6. The van der Waals surface area contributed by atoms with E-state index in [1.54, 1.807) is 12.3 Å². The Morgan fingerprint density at radius 2 is 1.83 bits per heavy atom. The summed E-state index contributed by atoms with van der Waals surface area (Å²) in [4.78, 5) is 0. The van der Waals surface area contributed by atoms with Gasteiger partial charge in [0, 0.05) is 17.2 Å². The minimum absolute atomic E-state index is 0.118. The van der Waals surface area contributed by atoms with Gasteiger partial charge < -0.3 is 44.5 Å². The number of H-pyrrole nitrogens is 1. The molecule has 3 aromatic rings. The lowest BCUT2D eigenvalue weighted by atomic mass is 9.97. The maximum atomic E-state index is 10.9. The topological polar surface area (TPSA) is 167 Å². The number of aromatic nitrogens is 2. The average molecular weight is 486 g/mol. The molecule has 3 heterocycles. The smallest absolute Gasteiger partial charge is 0.231 e. The van der Waals surface area contributed by atoms with Crippen molar-refractivity contribution >= 4 is 0 Å². The zero-order chi connectivity index (χ0) is 24.7. The van der Waals surface area contributed by atoms with E-state index in [0.717, 1.165) is 11.1 Å². The van der Waals surface area contributed by atoms with Gasteiger partial charge in [-0.25, -0.2) is 0 Å². The van der Waals surface area contributed by atoms with Crippen LogP contribution in [0.1, 0.15) is 12.5 Å². The predicted octanol–water partition coefficient (Wildman–Crippen LogP) is 0.919. The Hall–Kier alpha value is -3.35. The molecule has 0 amide bonds. The molecule has 2 aromatic carbocycles. The minimum Gasteiger partial charge on any atom is -0.507 e. The van der Waals surface area contributed by atoms with Crippen LogP contribution in [-0.2, 0) is 11.2 Å². The Labute approximate surface area is 200 Å². The summed E-state index contributed by atoms with van der Waals surface area (Å²) in [5.74, 6) is 1.39. The van der Waals surface area contributed by atoms with Crippen molar-refractivity contribution in [2.45, 2.75) is 44.1 Å². The predicted molar refractivity (Wildman–Crippen MR) is 121 cm³/mol. The highest BCUT2D eigenvalue weighted by Gasteiger charge is 2.45. The molecule has 0 spiro atoms. The van der Waals surface area contributed by atoms with E-state index in [1.165, 1.54) is 6.07 Å². The summed E-state index contributed by atoms with van der Waals surface area (Å²) >= 11 is 0. The van der Waals surface area contributed by atoms with E-state index >= 15 is 0 Å². The zero-order valence-electron chi connectivity index (χ0n) is 18.8. The van der Waals surface area contributed by atoms with Crippen LogP contribution in [0.3, 0.4) is 0 Å². The van der Waals surface area contributed by atoms with Crippen LogP contribution >= 0.6 is 0 Å². The normalized spacial score (nSPS) is 25.6. The van der Waals surface area contributed by atoms with Gasteiger partial charge >= 0.3 is 0 Å². The molecule has 2 aliphatic heterocycles. The van der Waals surface area contributed by atoms with Crippen molar-refractivity contribution in [2.75, 3.05) is 13.4 Å². The monoisotopic (exact) mass is 486 g/mol. The molecule has 186 valence electrons. The molecule has 0 unspecified atom stereocenters. The van der Waals surface area contributed by atoms with Gasteiger partial charge in [0.25, 0.3) is 0 Å². The largest absolute Gasteiger partial charge is 0.507 e. The number of aromatic amines is 1. The highest BCUT2D eigenvalue weighted by atomic mass is 16.7. The van der Waals surface area contributed by atoms with Crippen molar-refractivity contribution in [2.24, 2.45) is 0 Å². The number of hydrogen-bond acceptors (Lipinski definition) is 10. The van der Waals surface area contributed by atoms with Gasteiger partial charge in [-0.2, -0.15) is 5.10 Å². The Kier molecular flexibility index (Phi) is 6.26. The molecule has 1 aromatic heterocycles. The molecule has 11 heteroatoms. The van der Waals surface area contributed by atoms with Crippen molar-refractivity contribution < 1.29 is 44.5 Å². The van der Waals surface area contributed by atoms with E-state index in [4.69, 9.17) is 18.9 Å². The lowest BCUT2D eigenvalue weighted by molar-refractivity contribution is -0.277. The van der Waals surface area contributed by atoms with Gasteiger partial charge in [0.1, 0.15) is 35.9 Å². The lowest BCUT2D eigenvalue weighted by Crippen LogP contribution is -2.60. The van der Waals surface area contributed by atoms with Crippen LogP contribution < -0.4 is 14.2 Å². The minimum atomic E-state index is -1.57. The fourth-order valence-electron chi connectivity index (χ4n) is 4.26. The second kappa shape index (κ2) is 9.36. The van der Waals surface area contributed by atoms with Gasteiger partial charge in [0.05, 0.1) is 18.5 Å². The molecule has 0 bridgehead atoms. The van der Waals surface area contributed by atoms with Gasteiger partial charge in [-0.05, 0) is 35.7 Å². The number of benzene rings is 2. The molecule has 0 saturated carbocycles. The molecule has 11 nitrogen and oxygen atoms in total. The van der Waals surface area contributed by atoms with Crippen molar-refractivity contribution in [3.8, 4) is 45.4 Å². The number of aryl methyl sites for hydroxylation is 1. The number of nitrogens with one attached hydrogen (secondary N) is 1. The first kappa shape index (κ1) is 23.4. The quantitative estimate of drug-likeness (QED) is 0.295. The second-order valence-corrected chi connectivity index (χ2v) is 8.37. The number of fused-ring (bicyclic) bond motifs is 1. The number of aliphatic hydroxyl groups excluding tert-OH is 4. The summed E-state index contributed by atoms with van der Waals surface area (Å²) in [6.07, 6.45) is -4.94. The van der Waals surface area contributed by atoms with Crippen LogP contribution in [0.4, 0.5) is 0 Å². The molecule has 0 aliphatic carbocycles. The van der Waals surface area contributed by atoms with Crippen LogP contribution in [-0.4, -0.2) is 79.8 Å². The van der Waals surface area contributed by atoms with Crippen LogP contribution in [0.25, 0.3) is 22.4 Å². The molecule has 2 aliphatic rings. The first-order valence-electron chi connectivity index (χ1n) is 11.2. The van der Waals surface area contributed by atoms with Crippen LogP contribution in [0.15, 0.2) is 36.5 Å². The number of aromatic hydroxyl groups is 1. The molecule has 0 radical (unpaired) electrons. The maximum absolute atomic E-state index is 10.9. The van der Waals surface area contributed by atoms with E-state index in [9.17, 15) is 25.5 Å². The molecule has 5 atom stereocenters. The molecular formula is C24H26N2O9. The first-order chi connectivity index (χ1) is 16.9. The third-order valence-corrected chi connectivity index (χ3v) is 6.24. The van der Waals surface area contributed by atoms with E-state index in [0.29, 0.717) is 34.7 Å². The van der Waals surface area contributed by atoms with Crippen molar-refractivity contribution in [3.63, 3.8) is 0 Å². The SMILES string of the molecule is CCc1cc(-c2[nH]ncc2-c2ccc3c(c2)OCO3)c(O)cc1O[C@H]1O[C@@H](CO)[C@H](O)[C@@H](O)[C@@H]1O. The fraction of sp³-hybridized carbons (Fsp3) is 0.375.